The van der Waals surface area contributed by atoms with Crippen LogP contribution in [0.5, 0.6) is 0 Å². The Hall–Kier alpha value is -2.36. The molecular weight excluding hydrogens is 262 g/mol. The Morgan fingerprint density at radius 2 is 2.00 bits per heavy atom. The minimum atomic E-state index is -0.102. The summed E-state index contributed by atoms with van der Waals surface area (Å²) in [4.78, 5) is 16.5. The molecule has 0 radical (unpaired) electrons. The number of nitrogens with one attached hydrogen (secondary N) is 2. The summed E-state index contributed by atoms with van der Waals surface area (Å²) in [6.45, 7) is 3.91. The molecule has 1 unspecified atom stereocenters. The van der Waals surface area contributed by atoms with Gasteiger partial charge in [-0.3, -0.25) is 9.78 Å². The number of rotatable bonds is 5. The van der Waals surface area contributed by atoms with Crippen molar-refractivity contribution in [3.05, 3.63) is 59.4 Å². The zero-order valence-electron chi connectivity index (χ0n) is 12.7. The topological polar surface area (TPSA) is 54.0 Å². The van der Waals surface area contributed by atoms with Gasteiger partial charge in [0.25, 0.3) is 5.91 Å². The molecule has 21 heavy (non-hydrogen) atoms. The van der Waals surface area contributed by atoms with Crippen molar-refractivity contribution in [2.75, 3.05) is 12.4 Å². The quantitative estimate of drug-likeness (QED) is 0.887. The first-order valence-electron chi connectivity index (χ1n) is 7.09. The van der Waals surface area contributed by atoms with Gasteiger partial charge in [-0.05, 0) is 31.9 Å². The lowest BCUT2D eigenvalue weighted by Gasteiger charge is -2.15. The minimum Gasteiger partial charge on any atom is -0.387 e. The largest absolute Gasteiger partial charge is 0.387 e. The number of hydrogen-bond acceptors (Lipinski definition) is 3. The SMILES string of the molecule is CNc1cc(C)ncc1C(=O)NC(C)Cc1ccccc1. The van der Waals surface area contributed by atoms with Gasteiger partial charge in [0.1, 0.15) is 0 Å². The number of nitrogens with zero attached hydrogens (tertiary/aromatic N) is 1. The number of amides is 1. The van der Waals surface area contributed by atoms with E-state index in [9.17, 15) is 4.79 Å². The molecule has 4 nitrogen and oxygen atoms in total. The van der Waals surface area contributed by atoms with Crippen molar-refractivity contribution in [3.63, 3.8) is 0 Å². The zero-order chi connectivity index (χ0) is 15.2. The van der Waals surface area contributed by atoms with Crippen LogP contribution in [0.4, 0.5) is 5.69 Å². The van der Waals surface area contributed by atoms with E-state index in [-0.39, 0.29) is 11.9 Å². The van der Waals surface area contributed by atoms with E-state index in [0.717, 1.165) is 17.8 Å². The maximum atomic E-state index is 12.3. The standard InChI is InChI=1S/C17H21N3O/c1-12-10-16(18-3)15(11-19-12)17(21)20-13(2)9-14-7-5-4-6-8-14/h4-8,10-11,13H,9H2,1-3H3,(H,18,19)(H,20,21). The van der Waals surface area contributed by atoms with Crippen LogP contribution in [0.3, 0.4) is 0 Å². The third-order valence-corrected chi connectivity index (χ3v) is 3.32. The van der Waals surface area contributed by atoms with Crippen LogP contribution in [0.25, 0.3) is 0 Å². The molecule has 2 rings (SSSR count). The van der Waals surface area contributed by atoms with Crippen LogP contribution in [0.1, 0.15) is 28.5 Å². The van der Waals surface area contributed by atoms with E-state index in [4.69, 9.17) is 0 Å². The molecule has 0 aliphatic carbocycles. The molecule has 4 heteroatoms. The fourth-order valence-electron chi connectivity index (χ4n) is 2.27. The average molecular weight is 283 g/mol. The van der Waals surface area contributed by atoms with Crippen molar-refractivity contribution in [2.24, 2.45) is 0 Å². The molecule has 0 spiro atoms. The van der Waals surface area contributed by atoms with Crippen LogP contribution >= 0.6 is 0 Å². The normalized spacial score (nSPS) is 11.8. The summed E-state index contributed by atoms with van der Waals surface area (Å²) in [5, 5.41) is 6.06. The van der Waals surface area contributed by atoms with Gasteiger partial charge in [-0.1, -0.05) is 30.3 Å². The Balaban J connectivity index is 2.04. The number of anilines is 1. The fraction of sp³-hybridized carbons (Fsp3) is 0.294. The number of aromatic nitrogens is 1. The third-order valence-electron chi connectivity index (χ3n) is 3.32. The molecule has 1 heterocycles. The maximum Gasteiger partial charge on any atom is 0.255 e. The van der Waals surface area contributed by atoms with Gasteiger partial charge in [0.2, 0.25) is 0 Å². The molecule has 0 fully saturated rings. The number of aryl methyl sites for hydroxylation is 1. The lowest BCUT2D eigenvalue weighted by molar-refractivity contribution is 0.0940. The van der Waals surface area contributed by atoms with E-state index >= 15 is 0 Å². The van der Waals surface area contributed by atoms with Crippen LogP contribution < -0.4 is 10.6 Å². The molecule has 1 aromatic heterocycles. The van der Waals surface area contributed by atoms with Gasteiger partial charge in [-0.15, -0.1) is 0 Å². The van der Waals surface area contributed by atoms with Gasteiger partial charge >= 0.3 is 0 Å². The highest BCUT2D eigenvalue weighted by Crippen LogP contribution is 2.15. The lowest BCUT2D eigenvalue weighted by atomic mass is 10.1. The Labute approximate surface area is 125 Å². The summed E-state index contributed by atoms with van der Waals surface area (Å²) in [5.41, 5.74) is 3.46. The fourth-order valence-corrected chi connectivity index (χ4v) is 2.27. The van der Waals surface area contributed by atoms with Crippen molar-refractivity contribution in [1.29, 1.82) is 0 Å². The number of carbonyl (C=O) groups is 1. The van der Waals surface area contributed by atoms with Crippen molar-refractivity contribution in [3.8, 4) is 0 Å². The predicted octanol–water partition coefficient (Wildman–Crippen LogP) is 2.79. The van der Waals surface area contributed by atoms with Crippen LogP contribution in [0, 0.1) is 6.92 Å². The molecule has 0 aliphatic rings. The van der Waals surface area contributed by atoms with Crippen molar-refractivity contribution in [1.82, 2.24) is 10.3 Å². The number of carbonyl (C=O) groups excluding carboxylic acids is 1. The molecule has 1 atom stereocenters. The molecule has 110 valence electrons. The molecule has 0 saturated heterocycles. The number of hydrogen-bond donors (Lipinski definition) is 2. The first-order chi connectivity index (χ1) is 10.1. The van der Waals surface area contributed by atoms with E-state index in [1.165, 1.54) is 5.56 Å². The second-order valence-corrected chi connectivity index (χ2v) is 5.19. The first kappa shape index (κ1) is 15.0. The van der Waals surface area contributed by atoms with Gasteiger partial charge in [0, 0.05) is 25.0 Å². The molecule has 0 saturated carbocycles. The molecule has 1 amide bonds. The molecule has 1 aromatic carbocycles. The smallest absolute Gasteiger partial charge is 0.255 e. The Morgan fingerprint density at radius 1 is 1.29 bits per heavy atom. The highest BCUT2D eigenvalue weighted by atomic mass is 16.1. The number of benzene rings is 1. The molecule has 0 bridgehead atoms. The van der Waals surface area contributed by atoms with Gasteiger partial charge in [-0.2, -0.15) is 0 Å². The summed E-state index contributed by atoms with van der Waals surface area (Å²) < 4.78 is 0. The zero-order valence-corrected chi connectivity index (χ0v) is 12.7. The van der Waals surface area contributed by atoms with Gasteiger partial charge in [-0.25, -0.2) is 0 Å². The summed E-state index contributed by atoms with van der Waals surface area (Å²) in [6, 6.07) is 12.1. The maximum absolute atomic E-state index is 12.3. The van der Waals surface area contributed by atoms with Crippen LogP contribution in [0.15, 0.2) is 42.6 Å². The first-order valence-corrected chi connectivity index (χ1v) is 7.09. The monoisotopic (exact) mass is 283 g/mol. The van der Waals surface area contributed by atoms with Crippen molar-refractivity contribution >= 4 is 11.6 Å². The van der Waals surface area contributed by atoms with Gasteiger partial charge < -0.3 is 10.6 Å². The summed E-state index contributed by atoms with van der Waals surface area (Å²) in [5.74, 6) is -0.102. The lowest BCUT2D eigenvalue weighted by Crippen LogP contribution is -2.34. The van der Waals surface area contributed by atoms with Gasteiger partial charge in [0.15, 0.2) is 0 Å². The third kappa shape index (κ3) is 4.05. The molecular formula is C17H21N3O. The van der Waals surface area contributed by atoms with Crippen LogP contribution in [-0.4, -0.2) is 24.0 Å². The van der Waals surface area contributed by atoms with E-state index in [0.29, 0.717) is 5.56 Å². The molecule has 0 aliphatic heterocycles. The minimum absolute atomic E-state index is 0.0610. The Bertz CT molecular complexity index is 611. The highest BCUT2D eigenvalue weighted by Gasteiger charge is 2.14. The highest BCUT2D eigenvalue weighted by molar-refractivity contribution is 5.99. The Kier molecular flexibility index (Phi) is 4.93. The number of pyridine rings is 1. The summed E-state index contributed by atoms with van der Waals surface area (Å²) in [7, 11) is 1.80. The second-order valence-electron chi connectivity index (χ2n) is 5.19. The van der Waals surface area contributed by atoms with Crippen molar-refractivity contribution < 1.29 is 4.79 Å². The van der Waals surface area contributed by atoms with E-state index in [1.54, 1.807) is 13.2 Å². The van der Waals surface area contributed by atoms with E-state index < -0.39 is 0 Å². The summed E-state index contributed by atoms with van der Waals surface area (Å²) in [6.07, 6.45) is 2.42. The average Bonchev–Trinajstić information content (AvgIpc) is 2.47. The second kappa shape index (κ2) is 6.88. The Morgan fingerprint density at radius 3 is 2.67 bits per heavy atom. The molecule has 2 aromatic rings. The van der Waals surface area contributed by atoms with Gasteiger partial charge in [0.05, 0.1) is 11.3 Å². The van der Waals surface area contributed by atoms with Crippen LogP contribution in [-0.2, 0) is 6.42 Å². The summed E-state index contributed by atoms with van der Waals surface area (Å²) >= 11 is 0. The van der Waals surface area contributed by atoms with Crippen molar-refractivity contribution in [2.45, 2.75) is 26.3 Å². The van der Waals surface area contributed by atoms with Crippen LogP contribution in [0.2, 0.25) is 0 Å². The van der Waals surface area contributed by atoms with E-state index in [1.807, 2.05) is 38.1 Å². The molecule has 2 N–H and O–H groups in total. The predicted molar refractivity (Wildman–Crippen MR) is 85.6 cm³/mol. The van der Waals surface area contributed by atoms with E-state index in [2.05, 4.69) is 27.8 Å².